The zero-order valence-electron chi connectivity index (χ0n) is 20.2. The molecule has 7 nitrogen and oxygen atoms in total. The Hall–Kier alpha value is -3.55. The molecule has 0 aliphatic heterocycles. The number of hydrogen-bond acceptors (Lipinski definition) is 5. The van der Waals surface area contributed by atoms with Gasteiger partial charge in [-0.1, -0.05) is 72.8 Å². The third kappa shape index (κ3) is 7.21. The van der Waals surface area contributed by atoms with Crippen LogP contribution in [-0.4, -0.2) is 47.4 Å². The number of carbonyl (C=O) groups is 3. The van der Waals surface area contributed by atoms with Crippen molar-refractivity contribution in [3.63, 3.8) is 0 Å². The van der Waals surface area contributed by atoms with Gasteiger partial charge in [-0.3, -0.25) is 14.4 Å². The van der Waals surface area contributed by atoms with Crippen LogP contribution in [0.25, 0.3) is 10.8 Å². The molecule has 0 fully saturated rings. The predicted molar refractivity (Wildman–Crippen MR) is 137 cm³/mol. The number of rotatable bonds is 11. The Balaban J connectivity index is 1.80. The highest BCUT2D eigenvalue weighted by atomic mass is 16.3. The number of carbonyl (C=O) groups excluding carboxylic acids is 3. The van der Waals surface area contributed by atoms with Crippen LogP contribution in [0.3, 0.4) is 0 Å². The van der Waals surface area contributed by atoms with E-state index in [1.807, 2.05) is 72.8 Å². The third-order valence-corrected chi connectivity index (χ3v) is 5.95. The molecule has 2 amide bonds. The Morgan fingerprint density at radius 3 is 2.26 bits per heavy atom. The highest BCUT2D eigenvalue weighted by Gasteiger charge is 2.38. The third-order valence-electron chi connectivity index (χ3n) is 5.95. The van der Waals surface area contributed by atoms with Crippen LogP contribution in [0.1, 0.15) is 25.0 Å². The molecular formula is C28H33N3O4. The van der Waals surface area contributed by atoms with Gasteiger partial charge < -0.3 is 21.5 Å². The fourth-order valence-corrected chi connectivity index (χ4v) is 4.00. The number of nitrogens with two attached hydrogens (primary N) is 1. The summed E-state index contributed by atoms with van der Waals surface area (Å²) in [6.07, 6.45) is -0.623. The molecule has 0 aliphatic carbocycles. The Morgan fingerprint density at radius 2 is 1.57 bits per heavy atom. The SMILES string of the molecule is CC(C)(NC(=O)Cc1ccccc1)C(=O)[C@@H](Cc1ccc2ccccc2c1)C(=O)NCC(O)CN. The number of nitrogens with one attached hydrogen (secondary N) is 2. The molecule has 0 heterocycles. The molecular weight excluding hydrogens is 442 g/mol. The first-order valence-electron chi connectivity index (χ1n) is 11.7. The number of aliphatic hydroxyl groups excluding tert-OH is 1. The Labute approximate surface area is 205 Å². The van der Waals surface area contributed by atoms with Crippen LogP contribution in [-0.2, 0) is 27.2 Å². The molecule has 7 heteroatoms. The zero-order chi connectivity index (χ0) is 25.4. The summed E-state index contributed by atoms with van der Waals surface area (Å²) in [5, 5.41) is 17.3. The van der Waals surface area contributed by atoms with Gasteiger partial charge in [0.15, 0.2) is 5.78 Å². The quantitative estimate of drug-likeness (QED) is 0.317. The summed E-state index contributed by atoms with van der Waals surface area (Å²) in [5.41, 5.74) is 5.81. The first-order valence-corrected chi connectivity index (χ1v) is 11.7. The molecule has 5 N–H and O–H groups in total. The Bertz CT molecular complexity index is 1180. The van der Waals surface area contributed by atoms with Crippen LogP contribution in [0.5, 0.6) is 0 Å². The van der Waals surface area contributed by atoms with Crippen molar-refractivity contribution in [1.82, 2.24) is 10.6 Å². The second-order valence-electron chi connectivity index (χ2n) is 9.27. The summed E-state index contributed by atoms with van der Waals surface area (Å²) in [6.45, 7) is 3.14. The van der Waals surface area contributed by atoms with Crippen LogP contribution in [0, 0.1) is 5.92 Å². The van der Waals surface area contributed by atoms with Crippen LogP contribution >= 0.6 is 0 Å². The Kier molecular flexibility index (Phi) is 8.73. The summed E-state index contributed by atoms with van der Waals surface area (Å²) in [5.74, 6) is -2.29. The van der Waals surface area contributed by atoms with Crippen molar-refractivity contribution < 1.29 is 19.5 Å². The number of amides is 2. The van der Waals surface area contributed by atoms with Gasteiger partial charge >= 0.3 is 0 Å². The summed E-state index contributed by atoms with van der Waals surface area (Å²) < 4.78 is 0. The molecule has 3 rings (SSSR count). The summed E-state index contributed by atoms with van der Waals surface area (Å²) >= 11 is 0. The van der Waals surface area contributed by atoms with Crippen molar-refractivity contribution >= 4 is 28.4 Å². The molecule has 3 aromatic rings. The van der Waals surface area contributed by atoms with Crippen molar-refractivity contribution in [3.05, 3.63) is 83.9 Å². The van der Waals surface area contributed by atoms with Gasteiger partial charge in [-0.15, -0.1) is 0 Å². The number of Topliss-reactive ketones (excluding diaryl/α,β-unsaturated/α-hetero) is 1. The lowest BCUT2D eigenvalue weighted by atomic mass is 9.83. The van der Waals surface area contributed by atoms with Crippen molar-refractivity contribution in [2.75, 3.05) is 13.1 Å². The van der Waals surface area contributed by atoms with Gasteiger partial charge in [0.1, 0.15) is 5.92 Å². The Morgan fingerprint density at radius 1 is 0.914 bits per heavy atom. The van der Waals surface area contributed by atoms with Gasteiger partial charge in [0, 0.05) is 13.1 Å². The maximum absolute atomic E-state index is 13.6. The van der Waals surface area contributed by atoms with Gasteiger partial charge in [0.2, 0.25) is 11.8 Å². The molecule has 35 heavy (non-hydrogen) atoms. The van der Waals surface area contributed by atoms with Crippen LogP contribution in [0.4, 0.5) is 0 Å². The summed E-state index contributed by atoms with van der Waals surface area (Å²) in [6, 6.07) is 22.9. The van der Waals surface area contributed by atoms with E-state index in [2.05, 4.69) is 10.6 Å². The highest BCUT2D eigenvalue weighted by Crippen LogP contribution is 2.22. The number of ketones is 1. The molecule has 3 aromatic carbocycles. The van der Waals surface area contributed by atoms with E-state index in [0.29, 0.717) is 0 Å². The normalized spacial score (nSPS) is 13.1. The van der Waals surface area contributed by atoms with Crippen LogP contribution in [0.2, 0.25) is 0 Å². The monoisotopic (exact) mass is 475 g/mol. The maximum atomic E-state index is 13.6. The average Bonchev–Trinajstić information content (AvgIpc) is 2.85. The number of aliphatic hydroxyl groups is 1. The van der Waals surface area contributed by atoms with Crippen molar-refractivity contribution in [3.8, 4) is 0 Å². The lowest BCUT2D eigenvalue weighted by Gasteiger charge is -2.29. The van der Waals surface area contributed by atoms with Crippen LogP contribution in [0.15, 0.2) is 72.8 Å². The smallest absolute Gasteiger partial charge is 0.231 e. The second-order valence-corrected chi connectivity index (χ2v) is 9.27. The van der Waals surface area contributed by atoms with E-state index in [-0.39, 0.29) is 31.8 Å². The molecule has 2 atom stereocenters. The molecule has 0 bridgehead atoms. The standard InChI is InChI=1S/C28H33N3O4/c1-28(2,31-25(33)16-19-8-4-3-5-9-19)26(34)24(27(35)30-18-23(32)17-29)15-20-12-13-21-10-6-7-11-22(21)14-20/h3-14,23-24,32H,15-18,29H2,1-2H3,(H,30,35)(H,31,33)/t23?,24-/m1/s1. The molecule has 0 aromatic heterocycles. The van der Waals surface area contributed by atoms with Crippen LogP contribution < -0.4 is 16.4 Å². The van der Waals surface area contributed by atoms with E-state index in [1.165, 1.54) is 0 Å². The summed E-state index contributed by atoms with van der Waals surface area (Å²) in [4.78, 5) is 39.4. The number of benzene rings is 3. The van der Waals surface area contributed by atoms with Gasteiger partial charge in [-0.2, -0.15) is 0 Å². The molecule has 0 saturated carbocycles. The van der Waals surface area contributed by atoms with Crippen molar-refractivity contribution in [1.29, 1.82) is 0 Å². The van der Waals surface area contributed by atoms with E-state index in [0.717, 1.165) is 21.9 Å². The lowest BCUT2D eigenvalue weighted by molar-refractivity contribution is -0.139. The van der Waals surface area contributed by atoms with Crippen molar-refractivity contribution in [2.24, 2.45) is 11.7 Å². The minimum atomic E-state index is -1.28. The summed E-state index contributed by atoms with van der Waals surface area (Å²) in [7, 11) is 0. The van der Waals surface area contributed by atoms with Gasteiger partial charge in [0.05, 0.1) is 18.1 Å². The maximum Gasteiger partial charge on any atom is 0.231 e. The first-order chi connectivity index (χ1) is 16.7. The molecule has 0 radical (unpaired) electrons. The van der Waals surface area contributed by atoms with Gasteiger partial charge in [0.25, 0.3) is 0 Å². The fourth-order valence-electron chi connectivity index (χ4n) is 4.00. The lowest BCUT2D eigenvalue weighted by Crippen LogP contribution is -2.55. The first kappa shape index (κ1) is 26.1. The molecule has 0 spiro atoms. The fraction of sp³-hybridized carbons (Fsp3) is 0.321. The molecule has 1 unspecified atom stereocenters. The average molecular weight is 476 g/mol. The topological polar surface area (TPSA) is 122 Å². The molecule has 0 aliphatic rings. The van der Waals surface area contributed by atoms with Crippen molar-refractivity contribution in [2.45, 2.75) is 38.3 Å². The van der Waals surface area contributed by atoms with E-state index in [9.17, 15) is 19.5 Å². The van der Waals surface area contributed by atoms with E-state index >= 15 is 0 Å². The van der Waals surface area contributed by atoms with Gasteiger partial charge in [-0.05, 0) is 42.2 Å². The zero-order valence-corrected chi connectivity index (χ0v) is 20.2. The molecule has 0 saturated heterocycles. The van der Waals surface area contributed by atoms with E-state index in [1.54, 1.807) is 13.8 Å². The molecule has 184 valence electrons. The van der Waals surface area contributed by atoms with E-state index < -0.39 is 29.3 Å². The van der Waals surface area contributed by atoms with E-state index in [4.69, 9.17) is 5.73 Å². The number of hydrogen-bond donors (Lipinski definition) is 4. The highest BCUT2D eigenvalue weighted by molar-refractivity contribution is 6.07. The second kappa shape index (κ2) is 11.7. The largest absolute Gasteiger partial charge is 0.390 e. The van der Waals surface area contributed by atoms with Gasteiger partial charge in [-0.25, -0.2) is 0 Å². The number of fused-ring (bicyclic) bond motifs is 1. The minimum Gasteiger partial charge on any atom is -0.390 e. The minimum absolute atomic E-state index is 0.00932. The predicted octanol–water partition coefficient (Wildman–Crippen LogP) is 2.14.